The number of carbonyl (C=O) groups is 4. The first-order valence-corrected chi connectivity index (χ1v) is 12.2. The van der Waals surface area contributed by atoms with Gasteiger partial charge in [-0.05, 0) is 36.8 Å². The van der Waals surface area contributed by atoms with Gasteiger partial charge in [0.25, 0.3) is 5.91 Å². The lowest BCUT2D eigenvalue weighted by molar-refractivity contribution is -0.135. The summed E-state index contributed by atoms with van der Waals surface area (Å²) < 4.78 is 0. The number of fused-ring (bicyclic) bond motifs is 7. The molecule has 0 radical (unpaired) electrons. The zero-order valence-electron chi connectivity index (χ0n) is 19.9. The predicted octanol–water partition coefficient (Wildman–Crippen LogP) is 3.29. The maximum Gasteiger partial charge on any atom is 0.262 e. The predicted molar refractivity (Wildman–Crippen MR) is 135 cm³/mol. The summed E-state index contributed by atoms with van der Waals surface area (Å²) in [4.78, 5) is 58.4. The minimum atomic E-state index is -1.60. The van der Waals surface area contributed by atoms with Crippen LogP contribution in [0.4, 0.5) is 11.4 Å². The molecule has 4 heterocycles. The number of para-hydroxylation sites is 2. The molecule has 0 bridgehead atoms. The van der Waals surface area contributed by atoms with Gasteiger partial charge in [-0.3, -0.25) is 24.2 Å². The van der Waals surface area contributed by atoms with Crippen LogP contribution in [0.1, 0.15) is 30.5 Å². The summed E-state index contributed by atoms with van der Waals surface area (Å²) in [5.74, 6) is -3.71. The number of nitrogens with zero attached hydrogens (tertiary/aromatic N) is 4. The van der Waals surface area contributed by atoms with Crippen LogP contribution in [0.25, 0.3) is 0 Å². The number of imide groups is 2. The highest BCUT2D eigenvalue weighted by Crippen LogP contribution is 2.60. The quantitative estimate of drug-likeness (QED) is 0.515. The summed E-state index contributed by atoms with van der Waals surface area (Å²) in [6.45, 7) is 1.84. The standard InChI is InChI=1S/C29H22N4O4/c1-17-20-14-8-9-15-21(20)25-23-24(27(36)32(26(23)35)19-12-6-3-7-13-19)29(33(25)30-17)16-22(34)31(28(29)37)18-10-4-2-5-11-18/h2-15,23-25H,16H2,1H3/t23-,24+,25-,29+/m1/s1. The minimum Gasteiger partial charge on any atom is -0.274 e. The first-order valence-electron chi connectivity index (χ1n) is 12.2. The van der Waals surface area contributed by atoms with Gasteiger partial charge in [0.15, 0.2) is 5.54 Å². The maximum absolute atomic E-state index is 14.4. The van der Waals surface area contributed by atoms with Crippen LogP contribution < -0.4 is 9.80 Å². The molecule has 0 aromatic heterocycles. The van der Waals surface area contributed by atoms with E-state index in [1.807, 2.05) is 37.3 Å². The van der Waals surface area contributed by atoms with Crippen LogP contribution in [0, 0.1) is 11.8 Å². The molecule has 3 aromatic carbocycles. The molecule has 1 spiro atoms. The second-order valence-electron chi connectivity index (χ2n) is 9.88. The van der Waals surface area contributed by atoms with Gasteiger partial charge in [-0.25, -0.2) is 9.80 Å². The molecule has 3 fully saturated rings. The summed E-state index contributed by atoms with van der Waals surface area (Å²) in [7, 11) is 0. The zero-order chi connectivity index (χ0) is 25.5. The van der Waals surface area contributed by atoms with Gasteiger partial charge in [0.2, 0.25) is 17.7 Å². The third-order valence-corrected chi connectivity index (χ3v) is 8.08. The molecule has 3 aromatic rings. The maximum atomic E-state index is 14.4. The Hall–Kier alpha value is -4.59. The third-order valence-electron chi connectivity index (χ3n) is 8.08. The van der Waals surface area contributed by atoms with Gasteiger partial charge in [-0.2, -0.15) is 5.10 Å². The summed E-state index contributed by atoms with van der Waals surface area (Å²) in [5.41, 5.74) is 1.65. The topological polar surface area (TPSA) is 90.4 Å². The van der Waals surface area contributed by atoms with Crippen LogP contribution in [0.2, 0.25) is 0 Å². The van der Waals surface area contributed by atoms with E-state index in [9.17, 15) is 19.2 Å². The molecule has 4 amide bonds. The van der Waals surface area contributed by atoms with Gasteiger partial charge in [-0.1, -0.05) is 60.7 Å². The normalized spacial score (nSPS) is 28.1. The van der Waals surface area contributed by atoms with Crippen molar-refractivity contribution in [3.8, 4) is 0 Å². The van der Waals surface area contributed by atoms with E-state index in [1.54, 1.807) is 59.6 Å². The fourth-order valence-corrected chi connectivity index (χ4v) is 6.61. The Bertz CT molecular complexity index is 1540. The van der Waals surface area contributed by atoms with Crippen molar-refractivity contribution in [2.45, 2.75) is 24.9 Å². The number of anilines is 2. The van der Waals surface area contributed by atoms with Crippen molar-refractivity contribution in [3.05, 3.63) is 96.1 Å². The van der Waals surface area contributed by atoms with Crippen LogP contribution in [0.15, 0.2) is 90.0 Å². The summed E-state index contributed by atoms with van der Waals surface area (Å²) in [5, 5.41) is 6.42. The third kappa shape index (κ3) is 2.64. The van der Waals surface area contributed by atoms with E-state index in [4.69, 9.17) is 5.10 Å². The van der Waals surface area contributed by atoms with E-state index in [2.05, 4.69) is 0 Å². The van der Waals surface area contributed by atoms with Crippen LogP contribution in [-0.2, 0) is 19.2 Å². The number of rotatable bonds is 2. The average Bonchev–Trinajstić information content (AvgIpc) is 3.46. The van der Waals surface area contributed by atoms with Crippen molar-refractivity contribution in [1.29, 1.82) is 0 Å². The second kappa shape index (κ2) is 7.46. The number of hydrazone groups is 1. The molecule has 3 saturated heterocycles. The Morgan fingerprint density at radius 1 is 0.757 bits per heavy atom. The van der Waals surface area contributed by atoms with Crippen LogP contribution in [-0.4, -0.2) is 39.9 Å². The molecular formula is C29H22N4O4. The largest absolute Gasteiger partial charge is 0.274 e. The highest BCUT2D eigenvalue weighted by atomic mass is 16.2. The first kappa shape index (κ1) is 21.7. The van der Waals surface area contributed by atoms with E-state index in [1.165, 1.54) is 4.90 Å². The average molecular weight is 491 g/mol. The first-order chi connectivity index (χ1) is 17.9. The molecule has 8 heteroatoms. The molecule has 0 N–H and O–H groups in total. The molecule has 0 aliphatic carbocycles. The van der Waals surface area contributed by atoms with Crippen molar-refractivity contribution in [1.82, 2.24) is 5.01 Å². The lowest BCUT2D eigenvalue weighted by Gasteiger charge is -2.40. The van der Waals surface area contributed by atoms with Crippen LogP contribution >= 0.6 is 0 Å². The van der Waals surface area contributed by atoms with E-state index in [-0.39, 0.29) is 12.3 Å². The monoisotopic (exact) mass is 490 g/mol. The van der Waals surface area contributed by atoms with Crippen molar-refractivity contribution >= 4 is 40.7 Å². The number of carbonyl (C=O) groups excluding carboxylic acids is 4. The van der Waals surface area contributed by atoms with Crippen LogP contribution in [0.3, 0.4) is 0 Å². The summed E-state index contributed by atoms with van der Waals surface area (Å²) >= 11 is 0. The van der Waals surface area contributed by atoms with Gasteiger partial charge in [-0.15, -0.1) is 0 Å². The molecule has 4 aliphatic rings. The van der Waals surface area contributed by atoms with E-state index in [0.717, 1.165) is 16.0 Å². The molecular weight excluding hydrogens is 468 g/mol. The lowest BCUT2D eigenvalue weighted by Crippen LogP contribution is -2.56. The van der Waals surface area contributed by atoms with Gasteiger partial charge >= 0.3 is 0 Å². The Labute approximate surface area is 212 Å². The van der Waals surface area contributed by atoms with Crippen molar-refractivity contribution in [2.24, 2.45) is 16.9 Å². The van der Waals surface area contributed by atoms with E-state index in [0.29, 0.717) is 17.1 Å². The Morgan fingerprint density at radius 3 is 2.03 bits per heavy atom. The summed E-state index contributed by atoms with van der Waals surface area (Å²) in [6, 6.07) is 24.4. The number of hydrogen-bond donors (Lipinski definition) is 0. The Morgan fingerprint density at radius 2 is 1.35 bits per heavy atom. The molecule has 182 valence electrons. The number of benzene rings is 3. The van der Waals surface area contributed by atoms with Crippen LogP contribution in [0.5, 0.6) is 0 Å². The van der Waals surface area contributed by atoms with E-state index >= 15 is 0 Å². The van der Waals surface area contributed by atoms with E-state index < -0.39 is 41.1 Å². The molecule has 7 rings (SSSR count). The molecule has 4 aliphatic heterocycles. The SMILES string of the molecule is CC1=NN2[C@H](c3ccccc31)[C@@H]1C(=O)N(c3ccccc3)C(=O)[C@H]1[C@]21CC(=O)N(c2ccccc2)C1=O. The molecule has 0 unspecified atom stereocenters. The zero-order valence-corrected chi connectivity index (χ0v) is 19.9. The second-order valence-corrected chi connectivity index (χ2v) is 9.88. The summed E-state index contributed by atoms with van der Waals surface area (Å²) in [6.07, 6.45) is -0.237. The van der Waals surface area contributed by atoms with Gasteiger partial charge in [0.05, 0.1) is 41.4 Å². The smallest absolute Gasteiger partial charge is 0.262 e. The highest BCUT2D eigenvalue weighted by Gasteiger charge is 2.76. The number of hydrogen-bond acceptors (Lipinski definition) is 6. The Balaban J connectivity index is 1.46. The molecule has 8 nitrogen and oxygen atoms in total. The molecule has 37 heavy (non-hydrogen) atoms. The molecule has 0 saturated carbocycles. The van der Waals surface area contributed by atoms with Crippen molar-refractivity contribution < 1.29 is 19.2 Å². The minimum absolute atomic E-state index is 0.237. The van der Waals surface area contributed by atoms with Gasteiger partial charge in [0.1, 0.15) is 0 Å². The lowest BCUT2D eigenvalue weighted by atomic mass is 9.78. The van der Waals surface area contributed by atoms with Crippen molar-refractivity contribution in [3.63, 3.8) is 0 Å². The fraction of sp³-hybridized carbons (Fsp3) is 0.207. The molecule has 4 atom stereocenters. The number of amides is 4. The van der Waals surface area contributed by atoms with Gasteiger partial charge in [0, 0.05) is 5.56 Å². The van der Waals surface area contributed by atoms with Gasteiger partial charge < -0.3 is 0 Å². The van der Waals surface area contributed by atoms with Crippen molar-refractivity contribution in [2.75, 3.05) is 9.80 Å². The highest BCUT2D eigenvalue weighted by molar-refractivity contribution is 6.30. The Kier molecular flexibility index (Phi) is 4.37. The fourth-order valence-electron chi connectivity index (χ4n) is 6.61.